The summed E-state index contributed by atoms with van der Waals surface area (Å²) in [5.41, 5.74) is 16.1. The lowest BCUT2D eigenvalue weighted by Crippen LogP contribution is -2.51. The third-order valence-corrected chi connectivity index (χ3v) is 3.52. The number of nitrogens with two attached hydrogens (primary N) is 2. The Morgan fingerprint density at radius 3 is 2.80 bits per heavy atom. The van der Waals surface area contributed by atoms with Crippen molar-refractivity contribution in [3.8, 4) is 0 Å². The number of aryl methyl sites for hydroxylation is 2. The highest BCUT2D eigenvalue weighted by atomic mass is 14.8. The molecule has 0 amide bonds. The van der Waals surface area contributed by atoms with E-state index in [0.29, 0.717) is 6.54 Å². The van der Waals surface area contributed by atoms with Crippen LogP contribution in [0.3, 0.4) is 0 Å². The zero-order chi connectivity index (χ0) is 10.9. The molecule has 0 bridgehead atoms. The molecule has 1 atom stereocenters. The van der Waals surface area contributed by atoms with Crippen LogP contribution in [0.1, 0.15) is 30.0 Å². The van der Waals surface area contributed by atoms with Crippen molar-refractivity contribution < 1.29 is 0 Å². The summed E-state index contributed by atoms with van der Waals surface area (Å²) in [4.78, 5) is 0. The SMILES string of the molecule is CCc1ccc2c(c1)CC(N)(CN)CC2. The van der Waals surface area contributed by atoms with Gasteiger partial charge < -0.3 is 11.5 Å². The van der Waals surface area contributed by atoms with Crippen LogP contribution < -0.4 is 11.5 Å². The molecule has 0 radical (unpaired) electrons. The van der Waals surface area contributed by atoms with E-state index < -0.39 is 0 Å². The second-order valence-corrected chi connectivity index (χ2v) is 4.70. The van der Waals surface area contributed by atoms with Crippen LogP contribution in [0.4, 0.5) is 0 Å². The molecule has 1 aromatic rings. The van der Waals surface area contributed by atoms with Crippen molar-refractivity contribution in [2.75, 3.05) is 6.54 Å². The third-order valence-electron chi connectivity index (χ3n) is 3.52. The minimum atomic E-state index is -0.167. The minimum Gasteiger partial charge on any atom is -0.329 e. The number of hydrogen-bond donors (Lipinski definition) is 2. The van der Waals surface area contributed by atoms with Gasteiger partial charge in [0.1, 0.15) is 0 Å². The fourth-order valence-corrected chi connectivity index (χ4v) is 2.33. The average molecular weight is 204 g/mol. The molecule has 1 unspecified atom stereocenters. The monoisotopic (exact) mass is 204 g/mol. The summed E-state index contributed by atoms with van der Waals surface area (Å²) >= 11 is 0. The van der Waals surface area contributed by atoms with Gasteiger partial charge in [-0.2, -0.15) is 0 Å². The molecule has 1 aliphatic carbocycles. The Morgan fingerprint density at radius 2 is 2.13 bits per heavy atom. The molecular weight excluding hydrogens is 184 g/mol. The van der Waals surface area contributed by atoms with Crippen LogP contribution >= 0.6 is 0 Å². The van der Waals surface area contributed by atoms with E-state index in [1.54, 1.807) is 0 Å². The van der Waals surface area contributed by atoms with Gasteiger partial charge in [0.2, 0.25) is 0 Å². The summed E-state index contributed by atoms with van der Waals surface area (Å²) in [6.07, 6.45) is 4.12. The lowest BCUT2D eigenvalue weighted by atomic mass is 9.78. The summed E-state index contributed by atoms with van der Waals surface area (Å²) in [5, 5.41) is 0. The van der Waals surface area contributed by atoms with Crippen LogP contribution in [-0.2, 0) is 19.3 Å². The van der Waals surface area contributed by atoms with E-state index in [4.69, 9.17) is 11.5 Å². The molecule has 0 saturated heterocycles. The third kappa shape index (κ3) is 2.06. The minimum absolute atomic E-state index is 0.167. The van der Waals surface area contributed by atoms with Gasteiger partial charge in [-0.25, -0.2) is 0 Å². The Balaban J connectivity index is 2.31. The van der Waals surface area contributed by atoms with Gasteiger partial charge in [-0.1, -0.05) is 25.1 Å². The lowest BCUT2D eigenvalue weighted by molar-refractivity contribution is 0.382. The summed E-state index contributed by atoms with van der Waals surface area (Å²) < 4.78 is 0. The van der Waals surface area contributed by atoms with Crippen LogP contribution in [0, 0.1) is 0 Å². The Hall–Kier alpha value is -0.860. The Bertz CT molecular complexity index is 360. The molecule has 2 nitrogen and oxygen atoms in total. The van der Waals surface area contributed by atoms with Crippen molar-refractivity contribution in [1.29, 1.82) is 0 Å². The van der Waals surface area contributed by atoms with Crippen LogP contribution in [0.2, 0.25) is 0 Å². The summed E-state index contributed by atoms with van der Waals surface area (Å²) in [6, 6.07) is 6.78. The Kier molecular flexibility index (Phi) is 2.81. The first kappa shape index (κ1) is 10.7. The normalized spacial score (nSPS) is 25.0. The van der Waals surface area contributed by atoms with E-state index in [-0.39, 0.29) is 5.54 Å². The molecule has 82 valence electrons. The van der Waals surface area contributed by atoms with E-state index in [0.717, 1.165) is 25.7 Å². The molecule has 1 aliphatic rings. The summed E-state index contributed by atoms with van der Waals surface area (Å²) in [5.74, 6) is 0. The van der Waals surface area contributed by atoms with Gasteiger partial charge in [-0.3, -0.25) is 0 Å². The van der Waals surface area contributed by atoms with Crippen molar-refractivity contribution in [3.05, 3.63) is 34.9 Å². The highest BCUT2D eigenvalue weighted by molar-refractivity contribution is 5.36. The first-order valence-corrected chi connectivity index (χ1v) is 5.76. The molecule has 2 heteroatoms. The van der Waals surface area contributed by atoms with Gasteiger partial charge in [-0.15, -0.1) is 0 Å². The molecule has 2 rings (SSSR count). The number of hydrogen-bond acceptors (Lipinski definition) is 2. The van der Waals surface area contributed by atoms with Gasteiger partial charge in [0, 0.05) is 12.1 Å². The van der Waals surface area contributed by atoms with Crippen LogP contribution in [0.25, 0.3) is 0 Å². The van der Waals surface area contributed by atoms with Crippen molar-refractivity contribution in [2.24, 2.45) is 11.5 Å². The summed E-state index contributed by atoms with van der Waals surface area (Å²) in [7, 11) is 0. The van der Waals surface area contributed by atoms with E-state index in [2.05, 4.69) is 25.1 Å². The van der Waals surface area contributed by atoms with Gasteiger partial charge in [0.25, 0.3) is 0 Å². The van der Waals surface area contributed by atoms with Crippen molar-refractivity contribution in [1.82, 2.24) is 0 Å². The van der Waals surface area contributed by atoms with Crippen molar-refractivity contribution in [2.45, 2.75) is 38.1 Å². The van der Waals surface area contributed by atoms with Crippen LogP contribution in [0.5, 0.6) is 0 Å². The fourth-order valence-electron chi connectivity index (χ4n) is 2.33. The smallest absolute Gasteiger partial charge is 0.0322 e. The van der Waals surface area contributed by atoms with Crippen molar-refractivity contribution in [3.63, 3.8) is 0 Å². The molecule has 0 aliphatic heterocycles. The van der Waals surface area contributed by atoms with Crippen LogP contribution in [-0.4, -0.2) is 12.1 Å². The molecule has 0 fully saturated rings. The maximum absolute atomic E-state index is 6.24. The maximum Gasteiger partial charge on any atom is 0.0322 e. The number of benzene rings is 1. The molecular formula is C13H20N2. The quantitative estimate of drug-likeness (QED) is 0.765. The Morgan fingerprint density at radius 1 is 1.33 bits per heavy atom. The van der Waals surface area contributed by atoms with Crippen molar-refractivity contribution >= 4 is 0 Å². The fraction of sp³-hybridized carbons (Fsp3) is 0.538. The summed E-state index contributed by atoms with van der Waals surface area (Å²) in [6.45, 7) is 2.77. The van der Waals surface area contributed by atoms with Gasteiger partial charge in [0.05, 0.1) is 0 Å². The number of rotatable bonds is 2. The largest absolute Gasteiger partial charge is 0.329 e. The molecule has 1 aromatic carbocycles. The first-order valence-electron chi connectivity index (χ1n) is 5.76. The molecule has 4 N–H and O–H groups in total. The Labute approximate surface area is 91.7 Å². The second-order valence-electron chi connectivity index (χ2n) is 4.70. The van der Waals surface area contributed by atoms with Gasteiger partial charge in [0.15, 0.2) is 0 Å². The molecule has 15 heavy (non-hydrogen) atoms. The highest BCUT2D eigenvalue weighted by Gasteiger charge is 2.28. The van der Waals surface area contributed by atoms with Gasteiger partial charge >= 0.3 is 0 Å². The predicted molar refractivity (Wildman–Crippen MR) is 63.8 cm³/mol. The topological polar surface area (TPSA) is 52.0 Å². The predicted octanol–water partition coefficient (Wildman–Crippen LogP) is 1.39. The standard InChI is InChI=1S/C13H20N2/c1-2-10-3-4-11-5-6-13(15,9-14)8-12(11)7-10/h3-4,7H,2,5-6,8-9,14-15H2,1H3. The van der Waals surface area contributed by atoms with E-state index in [1.165, 1.54) is 16.7 Å². The average Bonchev–Trinajstić information content (AvgIpc) is 2.28. The zero-order valence-electron chi connectivity index (χ0n) is 9.42. The van der Waals surface area contributed by atoms with Crippen LogP contribution in [0.15, 0.2) is 18.2 Å². The second kappa shape index (κ2) is 3.95. The van der Waals surface area contributed by atoms with E-state index in [1.807, 2.05) is 0 Å². The molecule has 0 saturated carbocycles. The van der Waals surface area contributed by atoms with E-state index in [9.17, 15) is 0 Å². The van der Waals surface area contributed by atoms with E-state index >= 15 is 0 Å². The molecule has 0 heterocycles. The number of fused-ring (bicyclic) bond motifs is 1. The molecule has 0 aromatic heterocycles. The maximum atomic E-state index is 6.24. The molecule has 0 spiro atoms. The zero-order valence-corrected chi connectivity index (χ0v) is 9.42. The first-order chi connectivity index (χ1) is 7.17. The lowest BCUT2D eigenvalue weighted by Gasteiger charge is -2.33. The highest BCUT2D eigenvalue weighted by Crippen LogP contribution is 2.27. The van der Waals surface area contributed by atoms with Gasteiger partial charge in [-0.05, 0) is 42.4 Å².